The highest BCUT2D eigenvalue weighted by molar-refractivity contribution is 7.89. The minimum Gasteiger partial charge on any atom is -0.486 e. The summed E-state index contributed by atoms with van der Waals surface area (Å²) in [5, 5.41) is 8.03. The van der Waals surface area contributed by atoms with Crippen LogP contribution in [0.5, 0.6) is 11.5 Å². The molecule has 0 aliphatic carbocycles. The molecule has 3 rings (SSSR count). The predicted molar refractivity (Wildman–Crippen MR) is 100 cm³/mol. The van der Waals surface area contributed by atoms with Crippen molar-refractivity contribution in [2.75, 3.05) is 13.2 Å². The van der Waals surface area contributed by atoms with Crippen LogP contribution in [-0.4, -0.2) is 27.5 Å². The van der Waals surface area contributed by atoms with E-state index in [1.165, 1.54) is 12.1 Å². The first-order chi connectivity index (χ1) is 12.8. The lowest BCUT2D eigenvalue weighted by Gasteiger charge is -2.21. The molecule has 2 aromatic carbocycles. The molecule has 1 heterocycles. The first kappa shape index (κ1) is 19.2. The van der Waals surface area contributed by atoms with Gasteiger partial charge in [-0.2, -0.15) is 0 Å². The topological polar surface area (TPSA) is 108 Å². The van der Waals surface area contributed by atoms with E-state index in [9.17, 15) is 13.2 Å². The van der Waals surface area contributed by atoms with Crippen LogP contribution in [0, 0.1) is 0 Å². The first-order valence-electron chi connectivity index (χ1n) is 8.63. The quantitative estimate of drug-likeness (QED) is 0.783. The highest BCUT2D eigenvalue weighted by atomic mass is 32.2. The maximum absolute atomic E-state index is 12.2. The summed E-state index contributed by atoms with van der Waals surface area (Å²) in [6.07, 6.45) is 0.800. The maximum Gasteiger partial charge on any atom is 0.238 e. The fourth-order valence-corrected chi connectivity index (χ4v) is 3.35. The zero-order chi connectivity index (χ0) is 19.4. The van der Waals surface area contributed by atoms with E-state index in [4.69, 9.17) is 14.6 Å². The van der Waals surface area contributed by atoms with Gasteiger partial charge in [-0.1, -0.05) is 18.2 Å². The second-order valence-electron chi connectivity index (χ2n) is 6.38. The van der Waals surface area contributed by atoms with Gasteiger partial charge in [0.1, 0.15) is 13.2 Å². The van der Waals surface area contributed by atoms with Gasteiger partial charge in [-0.3, -0.25) is 4.79 Å². The second-order valence-corrected chi connectivity index (χ2v) is 7.94. The molecule has 0 spiro atoms. The molecule has 27 heavy (non-hydrogen) atoms. The zero-order valence-corrected chi connectivity index (χ0v) is 15.8. The Morgan fingerprint density at radius 3 is 2.44 bits per heavy atom. The molecule has 1 aliphatic heterocycles. The van der Waals surface area contributed by atoms with Crippen LogP contribution >= 0.6 is 0 Å². The zero-order valence-electron chi connectivity index (χ0n) is 15.0. The van der Waals surface area contributed by atoms with Gasteiger partial charge in [0, 0.05) is 6.42 Å². The lowest BCUT2D eigenvalue weighted by molar-refractivity contribution is -0.121. The Balaban J connectivity index is 1.54. The molecule has 0 unspecified atom stereocenters. The Labute approximate surface area is 158 Å². The molecule has 0 saturated heterocycles. The van der Waals surface area contributed by atoms with Crippen LogP contribution in [0.1, 0.15) is 30.5 Å². The van der Waals surface area contributed by atoms with E-state index in [0.717, 1.165) is 11.1 Å². The number of aryl methyl sites for hydroxylation is 1. The molecule has 8 heteroatoms. The number of rotatable bonds is 6. The monoisotopic (exact) mass is 390 g/mol. The number of amides is 1. The van der Waals surface area contributed by atoms with Gasteiger partial charge in [0.25, 0.3) is 0 Å². The third-order valence-electron chi connectivity index (χ3n) is 4.34. The molecule has 1 aliphatic rings. The number of ether oxygens (including phenoxy) is 2. The van der Waals surface area contributed by atoms with Gasteiger partial charge < -0.3 is 14.8 Å². The molecular weight excluding hydrogens is 368 g/mol. The smallest absolute Gasteiger partial charge is 0.238 e. The van der Waals surface area contributed by atoms with E-state index in [0.29, 0.717) is 37.6 Å². The molecule has 0 fully saturated rings. The van der Waals surface area contributed by atoms with Crippen molar-refractivity contribution in [2.45, 2.75) is 30.7 Å². The van der Waals surface area contributed by atoms with Crippen molar-refractivity contribution in [1.29, 1.82) is 0 Å². The number of fused-ring (bicyclic) bond motifs is 1. The van der Waals surface area contributed by atoms with Gasteiger partial charge in [0.2, 0.25) is 15.9 Å². The van der Waals surface area contributed by atoms with Crippen LogP contribution < -0.4 is 19.9 Å². The number of benzene rings is 2. The first-order valence-corrected chi connectivity index (χ1v) is 10.2. The molecule has 7 nitrogen and oxygen atoms in total. The predicted octanol–water partition coefficient (Wildman–Crippen LogP) is 1.92. The van der Waals surface area contributed by atoms with Crippen LogP contribution in [0.4, 0.5) is 0 Å². The van der Waals surface area contributed by atoms with Crippen molar-refractivity contribution in [3.8, 4) is 11.5 Å². The largest absolute Gasteiger partial charge is 0.486 e. The fourth-order valence-electron chi connectivity index (χ4n) is 2.83. The van der Waals surface area contributed by atoms with Crippen LogP contribution in [-0.2, 0) is 21.2 Å². The minimum absolute atomic E-state index is 0.0583. The van der Waals surface area contributed by atoms with Crippen molar-refractivity contribution in [2.24, 2.45) is 5.14 Å². The summed E-state index contributed by atoms with van der Waals surface area (Å²) in [6.45, 7) is 2.96. The van der Waals surface area contributed by atoms with Crippen LogP contribution in [0.25, 0.3) is 0 Å². The summed E-state index contributed by atoms with van der Waals surface area (Å²) in [6, 6.07) is 11.7. The van der Waals surface area contributed by atoms with Gasteiger partial charge in [-0.05, 0) is 48.7 Å². The summed E-state index contributed by atoms with van der Waals surface area (Å²) < 4.78 is 33.6. The van der Waals surface area contributed by atoms with Crippen molar-refractivity contribution >= 4 is 15.9 Å². The summed E-state index contributed by atoms with van der Waals surface area (Å²) in [5.41, 5.74) is 1.80. The van der Waals surface area contributed by atoms with E-state index >= 15 is 0 Å². The normalized spacial score (nSPS) is 14.4. The maximum atomic E-state index is 12.2. The SMILES string of the molecule is C[C@@H](NC(=O)CCc1ccc(S(N)(=O)=O)cc1)c1ccc2c(c1)OCCO2. The van der Waals surface area contributed by atoms with Crippen LogP contribution in [0.15, 0.2) is 47.4 Å². The second kappa shape index (κ2) is 7.98. The number of sulfonamides is 1. The number of nitrogens with two attached hydrogens (primary N) is 1. The van der Waals surface area contributed by atoms with Gasteiger partial charge in [0.15, 0.2) is 11.5 Å². The van der Waals surface area contributed by atoms with Crippen LogP contribution in [0.3, 0.4) is 0 Å². The molecule has 1 amide bonds. The van der Waals surface area contributed by atoms with E-state index in [2.05, 4.69) is 5.32 Å². The highest BCUT2D eigenvalue weighted by Gasteiger charge is 2.16. The van der Waals surface area contributed by atoms with Crippen molar-refractivity contribution < 1.29 is 22.7 Å². The lowest BCUT2D eigenvalue weighted by Crippen LogP contribution is -2.27. The third-order valence-corrected chi connectivity index (χ3v) is 5.27. The van der Waals surface area contributed by atoms with Crippen molar-refractivity contribution in [1.82, 2.24) is 5.32 Å². The Morgan fingerprint density at radius 1 is 1.11 bits per heavy atom. The van der Waals surface area contributed by atoms with E-state index in [1.807, 2.05) is 25.1 Å². The van der Waals surface area contributed by atoms with Crippen LogP contribution in [0.2, 0.25) is 0 Å². The number of hydrogen-bond donors (Lipinski definition) is 2. The summed E-state index contributed by atoms with van der Waals surface area (Å²) in [4.78, 5) is 12.3. The molecule has 0 bridgehead atoms. The molecule has 0 radical (unpaired) electrons. The molecule has 0 saturated carbocycles. The average molecular weight is 390 g/mol. The number of nitrogens with one attached hydrogen (secondary N) is 1. The molecule has 3 N–H and O–H groups in total. The Hall–Kier alpha value is -2.58. The number of carbonyl (C=O) groups excluding carboxylic acids is 1. The number of carbonyl (C=O) groups is 1. The number of primary sulfonamides is 1. The van der Waals surface area contributed by atoms with Gasteiger partial charge in [0.05, 0.1) is 10.9 Å². The average Bonchev–Trinajstić information content (AvgIpc) is 2.65. The van der Waals surface area contributed by atoms with Gasteiger partial charge in [-0.15, -0.1) is 0 Å². The summed E-state index contributed by atoms with van der Waals surface area (Å²) >= 11 is 0. The van der Waals surface area contributed by atoms with Crippen molar-refractivity contribution in [3.63, 3.8) is 0 Å². The lowest BCUT2D eigenvalue weighted by atomic mass is 10.1. The Kier molecular flexibility index (Phi) is 5.67. The molecule has 0 aromatic heterocycles. The third kappa shape index (κ3) is 4.99. The summed E-state index contributed by atoms with van der Waals surface area (Å²) in [7, 11) is -3.70. The van der Waals surface area contributed by atoms with Gasteiger partial charge in [-0.25, -0.2) is 13.6 Å². The minimum atomic E-state index is -3.70. The molecule has 144 valence electrons. The van der Waals surface area contributed by atoms with E-state index in [-0.39, 0.29) is 16.8 Å². The number of hydrogen-bond acceptors (Lipinski definition) is 5. The van der Waals surface area contributed by atoms with E-state index < -0.39 is 10.0 Å². The van der Waals surface area contributed by atoms with E-state index in [1.54, 1.807) is 12.1 Å². The molecular formula is C19H22N2O5S. The van der Waals surface area contributed by atoms with Gasteiger partial charge >= 0.3 is 0 Å². The summed E-state index contributed by atoms with van der Waals surface area (Å²) in [5.74, 6) is 1.31. The Bertz CT molecular complexity index is 926. The molecule has 1 atom stereocenters. The fraction of sp³-hybridized carbons (Fsp3) is 0.316. The standard InChI is InChI=1S/C19H22N2O5S/c1-13(15-5-8-17-18(12-15)26-11-10-25-17)21-19(22)9-4-14-2-6-16(7-3-14)27(20,23)24/h2-3,5-8,12-13H,4,9-11H2,1H3,(H,21,22)(H2,20,23,24)/t13-/m1/s1. The highest BCUT2D eigenvalue weighted by Crippen LogP contribution is 2.32. The Morgan fingerprint density at radius 2 is 1.78 bits per heavy atom. The molecule has 2 aromatic rings. The van der Waals surface area contributed by atoms with Crippen molar-refractivity contribution in [3.05, 3.63) is 53.6 Å².